The van der Waals surface area contributed by atoms with Crippen molar-refractivity contribution in [3.8, 4) is 17.2 Å². The van der Waals surface area contributed by atoms with Crippen LogP contribution in [-0.4, -0.2) is 53.0 Å². The van der Waals surface area contributed by atoms with Crippen molar-refractivity contribution in [1.29, 1.82) is 0 Å². The third-order valence-electron chi connectivity index (χ3n) is 4.24. The molecule has 0 radical (unpaired) electrons. The molecule has 0 aliphatic heterocycles. The minimum absolute atomic E-state index is 0.0276. The molecule has 10 heteroatoms. The number of sulfonamides is 1. The van der Waals surface area contributed by atoms with Crippen LogP contribution in [0.3, 0.4) is 0 Å². The summed E-state index contributed by atoms with van der Waals surface area (Å²) in [6.45, 7) is 3.75. The van der Waals surface area contributed by atoms with Crippen LogP contribution in [0.2, 0.25) is 5.02 Å². The zero-order chi connectivity index (χ0) is 24.1. The van der Waals surface area contributed by atoms with E-state index in [0.29, 0.717) is 27.8 Å². The largest absolute Gasteiger partial charge is 0.495 e. The van der Waals surface area contributed by atoms with Crippen LogP contribution in [0.15, 0.2) is 41.3 Å². The molecule has 1 amide bonds. The molecule has 8 nitrogen and oxygen atoms in total. The number of amides is 1. The van der Waals surface area contributed by atoms with E-state index in [2.05, 4.69) is 5.32 Å². The Bertz CT molecular complexity index is 1110. The number of nitrogens with zero attached hydrogens (tertiary/aromatic N) is 1. The predicted octanol–water partition coefficient (Wildman–Crippen LogP) is 4.05. The molecule has 0 bridgehead atoms. The average molecular weight is 483 g/mol. The van der Waals surface area contributed by atoms with Crippen molar-refractivity contribution in [2.24, 2.45) is 0 Å². The Kier molecular flexibility index (Phi) is 8.54. The summed E-state index contributed by atoms with van der Waals surface area (Å²) in [5.74, 6) is 0.702. The van der Waals surface area contributed by atoms with Crippen LogP contribution in [0.5, 0.6) is 17.2 Å². The maximum absolute atomic E-state index is 12.5. The first-order valence-corrected chi connectivity index (χ1v) is 11.4. The fourth-order valence-corrected chi connectivity index (χ4v) is 3.88. The standard InChI is InChI=1S/C22H27ClN2O6S/c1-14(2)31-22-17(23)11-15(12-20(22)30-6)7-10-21(26)24-18-13-16(8-9-19(18)29-5)32(27,28)25(3)4/h7-14H,1-6H3,(H,24,26)/b10-7+. The summed E-state index contributed by atoms with van der Waals surface area (Å²) in [5, 5.41) is 2.99. The molecular weight excluding hydrogens is 456 g/mol. The Morgan fingerprint density at radius 3 is 2.31 bits per heavy atom. The van der Waals surface area contributed by atoms with Crippen LogP contribution in [-0.2, 0) is 14.8 Å². The quantitative estimate of drug-likeness (QED) is 0.542. The number of nitrogens with one attached hydrogen (secondary N) is 1. The third-order valence-corrected chi connectivity index (χ3v) is 6.33. The van der Waals surface area contributed by atoms with E-state index in [1.807, 2.05) is 13.8 Å². The van der Waals surface area contributed by atoms with Crippen LogP contribution < -0.4 is 19.5 Å². The SMILES string of the molecule is COc1ccc(S(=O)(=O)N(C)C)cc1NC(=O)/C=C/c1cc(Cl)c(OC(C)C)c(OC)c1. The van der Waals surface area contributed by atoms with Crippen molar-refractivity contribution in [1.82, 2.24) is 4.31 Å². The first-order chi connectivity index (χ1) is 15.0. The molecule has 174 valence electrons. The van der Waals surface area contributed by atoms with Crippen LogP contribution >= 0.6 is 11.6 Å². The summed E-state index contributed by atoms with van der Waals surface area (Å²) < 4.78 is 42.1. The molecule has 0 spiro atoms. The van der Waals surface area contributed by atoms with Gasteiger partial charge in [-0.1, -0.05) is 11.6 Å². The molecule has 0 aliphatic rings. The van der Waals surface area contributed by atoms with E-state index in [9.17, 15) is 13.2 Å². The first kappa shape index (κ1) is 25.5. The van der Waals surface area contributed by atoms with E-state index >= 15 is 0 Å². The number of ether oxygens (including phenoxy) is 3. The Morgan fingerprint density at radius 2 is 1.75 bits per heavy atom. The van der Waals surface area contributed by atoms with Gasteiger partial charge in [-0.05, 0) is 55.8 Å². The summed E-state index contributed by atoms with van der Waals surface area (Å²) in [4.78, 5) is 12.5. The molecule has 1 N–H and O–H groups in total. The lowest BCUT2D eigenvalue weighted by Gasteiger charge is -2.15. The lowest BCUT2D eigenvalue weighted by molar-refractivity contribution is -0.111. The number of benzene rings is 2. The molecule has 0 saturated heterocycles. The molecule has 0 fully saturated rings. The highest BCUT2D eigenvalue weighted by molar-refractivity contribution is 7.89. The maximum atomic E-state index is 12.5. The predicted molar refractivity (Wildman–Crippen MR) is 125 cm³/mol. The number of rotatable bonds is 9. The third kappa shape index (κ3) is 6.15. The molecular formula is C22H27ClN2O6S. The second kappa shape index (κ2) is 10.7. The van der Waals surface area contributed by atoms with E-state index in [1.54, 1.807) is 18.2 Å². The normalized spacial score (nSPS) is 11.8. The summed E-state index contributed by atoms with van der Waals surface area (Å²) in [6, 6.07) is 7.58. The van der Waals surface area contributed by atoms with Crippen molar-refractivity contribution in [2.45, 2.75) is 24.8 Å². The average Bonchev–Trinajstić information content (AvgIpc) is 2.73. The second-order valence-electron chi connectivity index (χ2n) is 7.17. The number of anilines is 1. The van der Waals surface area contributed by atoms with Crippen LogP contribution in [0, 0.1) is 0 Å². The van der Waals surface area contributed by atoms with Gasteiger partial charge >= 0.3 is 0 Å². The summed E-state index contributed by atoms with van der Waals surface area (Å²) >= 11 is 6.31. The molecule has 2 aromatic rings. The molecule has 2 aromatic carbocycles. The number of methoxy groups -OCH3 is 2. The number of carbonyl (C=O) groups is 1. The van der Waals surface area contributed by atoms with Crippen molar-refractivity contribution in [3.63, 3.8) is 0 Å². The molecule has 0 aromatic heterocycles. The van der Waals surface area contributed by atoms with E-state index in [0.717, 1.165) is 4.31 Å². The Hall–Kier alpha value is -2.75. The van der Waals surface area contributed by atoms with Gasteiger partial charge in [-0.2, -0.15) is 0 Å². The number of hydrogen-bond acceptors (Lipinski definition) is 6. The highest BCUT2D eigenvalue weighted by Gasteiger charge is 2.19. The molecule has 0 unspecified atom stereocenters. The summed E-state index contributed by atoms with van der Waals surface area (Å²) in [7, 11) is 2.11. The fourth-order valence-electron chi connectivity index (χ4n) is 2.69. The fraction of sp³-hybridized carbons (Fsp3) is 0.318. The van der Waals surface area contributed by atoms with Gasteiger partial charge < -0.3 is 19.5 Å². The van der Waals surface area contributed by atoms with Gasteiger partial charge in [-0.15, -0.1) is 0 Å². The summed E-state index contributed by atoms with van der Waals surface area (Å²) in [6.07, 6.45) is 2.76. The smallest absolute Gasteiger partial charge is 0.248 e. The van der Waals surface area contributed by atoms with Crippen molar-refractivity contribution in [2.75, 3.05) is 33.6 Å². The van der Waals surface area contributed by atoms with E-state index in [4.69, 9.17) is 25.8 Å². The summed E-state index contributed by atoms with van der Waals surface area (Å²) in [5.41, 5.74) is 0.843. The molecule has 0 heterocycles. The zero-order valence-electron chi connectivity index (χ0n) is 18.8. The topological polar surface area (TPSA) is 94.2 Å². The Balaban J connectivity index is 2.28. The van der Waals surface area contributed by atoms with Crippen molar-refractivity contribution in [3.05, 3.63) is 47.0 Å². The van der Waals surface area contributed by atoms with E-state index < -0.39 is 15.9 Å². The van der Waals surface area contributed by atoms with Gasteiger partial charge in [0.15, 0.2) is 11.5 Å². The van der Waals surface area contributed by atoms with Crippen molar-refractivity contribution < 1.29 is 27.4 Å². The van der Waals surface area contributed by atoms with Crippen LogP contribution in [0.25, 0.3) is 6.08 Å². The van der Waals surface area contributed by atoms with Gasteiger partial charge in [0, 0.05) is 20.2 Å². The van der Waals surface area contributed by atoms with Crippen LogP contribution in [0.1, 0.15) is 19.4 Å². The van der Waals surface area contributed by atoms with Gasteiger partial charge in [-0.25, -0.2) is 12.7 Å². The first-order valence-electron chi connectivity index (χ1n) is 9.63. The molecule has 0 atom stereocenters. The molecule has 0 aliphatic carbocycles. The van der Waals surface area contributed by atoms with E-state index in [1.165, 1.54) is 52.6 Å². The monoisotopic (exact) mass is 482 g/mol. The Labute approximate surface area is 193 Å². The zero-order valence-corrected chi connectivity index (χ0v) is 20.4. The number of carbonyl (C=O) groups excluding carboxylic acids is 1. The Morgan fingerprint density at radius 1 is 1.09 bits per heavy atom. The van der Waals surface area contributed by atoms with Crippen molar-refractivity contribution >= 4 is 39.3 Å². The van der Waals surface area contributed by atoms with Gasteiger partial charge in [0.2, 0.25) is 15.9 Å². The second-order valence-corrected chi connectivity index (χ2v) is 9.73. The minimum Gasteiger partial charge on any atom is -0.495 e. The van der Waals surface area contributed by atoms with Gasteiger partial charge in [0.25, 0.3) is 0 Å². The highest BCUT2D eigenvalue weighted by atomic mass is 35.5. The van der Waals surface area contributed by atoms with Gasteiger partial charge in [-0.3, -0.25) is 4.79 Å². The maximum Gasteiger partial charge on any atom is 0.248 e. The van der Waals surface area contributed by atoms with Crippen LogP contribution in [0.4, 0.5) is 5.69 Å². The molecule has 2 rings (SSSR count). The number of hydrogen-bond donors (Lipinski definition) is 1. The molecule has 0 saturated carbocycles. The number of halogens is 1. The molecule has 32 heavy (non-hydrogen) atoms. The lowest BCUT2D eigenvalue weighted by atomic mass is 10.1. The van der Waals surface area contributed by atoms with Gasteiger partial charge in [0.05, 0.1) is 35.9 Å². The minimum atomic E-state index is -3.67. The van der Waals surface area contributed by atoms with E-state index in [-0.39, 0.29) is 16.7 Å². The highest BCUT2D eigenvalue weighted by Crippen LogP contribution is 2.37. The lowest BCUT2D eigenvalue weighted by Crippen LogP contribution is -2.22. The van der Waals surface area contributed by atoms with Gasteiger partial charge in [0.1, 0.15) is 5.75 Å².